The van der Waals surface area contributed by atoms with E-state index in [0.717, 1.165) is 43.6 Å². The van der Waals surface area contributed by atoms with Crippen LogP contribution < -0.4 is 0 Å². The summed E-state index contributed by atoms with van der Waals surface area (Å²) < 4.78 is 10.6. The molecule has 0 aromatic heterocycles. The van der Waals surface area contributed by atoms with E-state index in [9.17, 15) is 9.59 Å². The molecule has 0 amide bonds. The lowest BCUT2D eigenvalue weighted by molar-refractivity contribution is -0.163. The van der Waals surface area contributed by atoms with E-state index < -0.39 is 0 Å². The molecule has 0 aliphatic carbocycles. The highest BCUT2D eigenvalue weighted by atomic mass is 32.2. The summed E-state index contributed by atoms with van der Waals surface area (Å²) in [6.45, 7) is 3.27. The van der Waals surface area contributed by atoms with Crippen molar-refractivity contribution in [3.8, 4) is 0 Å². The Morgan fingerprint density at radius 3 is 2.00 bits per heavy atom. The molecule has 25 heavy (non-hydrogen) atoms. The van der Waals surface area contributed by atoms with Crippen LogP contribution in [0.5, 0.6) is 0 Å². The summed E-state index contributed by atoms with van der Waals surface area (Å²) >= 11 is 3.98. The first-order chi connectivity index (χ1) is 12.2. The average Bonchev–Trinajstić information content (AvgIpc) is 2.62. The zero-order chi connectivity index (χ0) is 17.9. The van der Waals surface area contributed by atoms with Gasteiger partial charge < -0.3 is 9.47 Å². The first-order valence-electron chi connectivity index (χ1n) is 9.72. The lowest BCUT2D eigenvalue weighted by Crippen LogP contribution is -2.40. The highest BCUT2D eigenvalue weighted by molar-refractivity contribution is 8.00. The number of hydrogen-bond donors (Lipinski definition) is 0. The van der Waals surface area contributed by atoms with E-state index >= 15 is 0 Å². The van der Waals surface area contributed by atoms with Crippen molar-refractivity contribution >= 4 is 35.5 Å². The van der Waals surface area contributed by atoms with Crippen molar-refractivity contribution < 1.29 is 19.1 Å². The van der Waals surface area contributed by atoms with E-state index in [2.05, 4.69) is 6.92 Å². The minimum atomic E-state index is -0.120. The molecule has 2 heterocycles. The third kappa shape index (κ3) is 7.05. The van der Waals surface area contributed by atoms with E-state index in [1.807, 2.05) is 23.5 Å². The van der Waals surface area contributed by atoms with Gasteiger partial charge in [0, 0.05) is 0 Å². The highest BCUT2D eigenvalue weighted by Gasteiger charge is 2.41. The Morgan fingerprint density at radius 2 is 1.48 bits per heavy atom. The van der Waals surface area contributed by atoms with Crippen LogP contribution in [0.15, 0.2) is 0 Å². The molecular formula is C19H32O4S2. The lowest BCUT2D eigenvalue weighted by Gasteiger charge is -2.35. The average molecular weight is 389 g/mol. The molecule has 2 aliphatic heterocycles. The van der Waals surface area contributed by atoms with Gasteiger partial charge in [-0.2, -0.15) is 23.5 Å². The maximum atomic E-state index is 12.2. The van der Waals surface area contributed by atoms with Crippen LogP contribution in [0, 0.1) is 17.8 Å². The van der Waals surface area contributed by atoms with Crippen molar-refractivity contribution in [3.05, 3.63) is 0 Å². The van der Waals surface area contributed by atoms with Crippen LogP contribution in [-0.2, 0) is 19.1 Å². The molecule has 0 spiro atoms. The van der Waals surface area contributed by atoms with Crippen molar-refractivity contribution in [1.29, 1.82) is 0 Å². The van der Waals surface area contributed by atoms with Crippen molar-refractivity contribution in [2.75, 3.05) is 36.2 Å². The molecule has 4 nitrogen and oxygen atoms in total. The summed E-state index contributed by atoms with van der Waals surface area (Å²) in [5, 5.41) is 0. The van der Waals surface area contributed by atoms with Crippen LogP contribution >= 0.6 is 23.5 Å². The number of esters is 2. The van der Waals surface area contributed by atoms with Gasteiger partial charge in [-0.15, -0.1) is 0 Å². The summed E-state index contributed by atoms with van der Waals surface area (Å²) in [7, 11) is 0. The third-order valence-electron chi connectivity index (χ3n) is 4.97. The van der Waals surface area contributed by atoms with Gasteiger partial charge in [0.1, 0.15) is 0 Å². The molecule has 2 aliphatic rings. The predicted octanol–water partition coefficient (Wildman–Crippen LogP) is 4.17. The van der Waals surface area contributed by atoms with Gasteiger partial charge >= 0.3 is 11.9 Å². The zero-order valence-electron chi connectivity index (χ0n) is 15.4. The molecule has 0 aromatic rings. The van der Waals surface area contributed by atoms with E-state index in [1.54, 1.807) is 0 Å². The number of thioether (sulfide) groups is 2. The van der Waals surface area contributed by atoms with E-state index in [0.29, 0.717) is 13.2 Å². The van der Waals surface area contributed by atoms with Gasteiger partial charge in [0.2, 0.25) is 0 Å². The van der Waals surface area contributed by atoms with Crippen LogP contribution in [0.3, 0.4) is 0 Å². The van der Waals surface area contributed by atoms with E-state index in [-0.39, 0.29) is 29.7 Å². The van der Waals surface area contributed by atoms with Crippen molar-refractivity contribution in [2.45, 2.75) is 51.9 Å². The molecule has 2 unspecified atom stereocenters. The largest absolute Gasteiger partial charge is 0.465 e. The topological polar surface area (TPSA) is 52.6 Å². The molecule has 0 radical (unpaired) electrons. The van der Waals surface area contributed by atoms with Gasteiger partial charge in [-0.1, -0.05) is 6.92 Å². The summed E-state index contributed by atoms with van der Waals surface area (Å²) in [6.07, 6.45) is 6.92. The highest BCUT2D eigenvalue weighted by Crippen LogP contribution is 2.37. The molecule has 0 saturated carbocycles. The summed E-state index contributed by atoms with van der Waals surface area (Å²) in [4.78, 5) is 24.5. The number of carbonyl (C=O) groups is 2. The molecule has 6 heteroatoms. The molecule has 0 N–H and O–H groups in total. The van der Waals surface area contributed by atoms with Crippen LogP contribution in [0.25, 0.3) is 0 Å². The standard InChI is InChI=1S/C19H32O4S2/c1-2-11-24-12-5-13-25-14-8-15(16-6-3-9-22-18(16)20)17-7-4-10-23-19(17)21/h15-17H,2-14H2,1H3. The first kappa shape index (κ1) is 20.9. The summed E-state index contributed by atoms with van der Waals surface area (Å²) in [5.74, 6) is 4.29. The maximum Gasteiger partial charge on any atom is 0.309 e. The monoisotopic (exact) mass is 388 g/mol. The Kier molecular flexibility index (Phi) is 10.1. The second-order valence-electron chi connectivity index (χ2n) is 6.86. The quantitative estimate of drug-likeness (QED) is 0.391. The van der Waals surface area contributed by atoms with Gasteiger partial charge in [0.25, 0.3) is 0 Å². The summed E-state index contributed by atoms with van der Waals surface area (Å²) in [5.41, 5.74) is 0. The van der Waals surface area contributed by atoms with Crippen LogP contribution in [-0.4, -0.2) is 48.2 Å². The van der Waals surface area contributed by atoms with Gasteiger partial charge in [0.05, 0.1) is 25.0 Å². The van der Waals surface area contributed by atoms with Crippen LogP contribution in [0.4, 0.5) is 0 Å². The number of ether oxygens (including phenoxy) is 2. The molecule has 144 valence electrons. The molecule has 2 rings (SSSR count). The normalized spacial score (nSPS) is 25.3. The number of carbonyl (C=O) groups excluding carboxylic acids is 2. The number of rotatable bonds is 11. The fourth-order valence-corrected chi connectivity index (χ4v) is 5.71. The van der Waals surface area contributed by atoms with Crippen LogP contribution in [0.1, 0.15) is 51.9 Å². The Bertz CT molecular complexity index is 388. The number of hydrogen-bond acceptors (Lipinski definition) is 6. The SMILES string of the molecule is CCCSCCCSCCC(C1CCCOC1=O)C1CCCOC1=O. The van der Waals surface area contributed by atoms with E-state index in [4.69, 9.17) is 9.47 Å². The Labute approximate surface area is 160 Å². The Balaban J connectivity index is 1.80. The Hall–Kier alpha value is -0.360. The van der Waals surface area contributed by atoms with Crippen molar-refractivity contribution in [3.63, 3.8) is 0 Å². The maximum absolute atomic E-state index is 12.2. The van der Waals surface area contributed by atoms with Gasteiger partial charge in [-0.05, 0) is 73.9 Å². The molecule has 0 aromatic carbocycles. The van der Waals surface area contributed by atoms with Gasteiger partial charge in [0.15, 0.2) is 0 Å². The van der Waals surface area contributed by atoms with Crippen molar-refractivity contribution in [1.82, 2.24) is 0 Å². The minimum Gasteiger partial charge on any atom is -0.465 e. The zero-order valence-corrected chi connectivity index (χ0v) is 17.0. The fraction of sp³-hybridized carbons (Fsp3) is 0.895. The van der Waals surface area contributed by atoms with Gasteiger partial charge in [-0.3, -0.25) is 9.59 Å². The fourth-order valence-electron chi connectivity index (χ4n) is 3.69. The van der Waals surface area contributed by atoms with Crippen LogP contribution in [0.2, 0.25) is 0 Å². The third-order valence-corrected chi connectivity index (χ3v) is 7.34. The minimum absolute atomic E-state index is 0.0857. The predicted molar refractivity (Wildman–Crippen MR) is 105 cm³/mol. The molecular weight excluding hydrogens is 356 g/mol. The molecule has 2 atom stereocenters. The molecule has 2 fully saturated rings. The summed E-state index contributed by atoms with van der Waals surface area (Å²) in [6, 6.07) is 0. The van der Waals surface area contributed by atoms with Crippen molar-refractivity contribution in [2.24, 2.45) is 17.8 Å². The van der Waals surface area contributed by atoms with Gasteiger partial charge in [-0.25, -0.2) is 0 Å². The molecule has 0 bridgehead atoms. The Morgan fingerprint density at radius 1 is 0.920 bits per heavy atom. The first-order valence-corrected chi connectivity index (χ1v) is 12.0. The lowest BCUT2D eigenvalue weighted by atomic mass is 9.74. The smallest absolute Gasteiger partial charge is 0.309 e. The second-order valence-corrected chi connectivity index (χ2v) is 9.31. The second kappa shape index (κ2) is 12.1. The number of cyclic esters (lactones) is 2. The molecule has 2 saturated heterocycles. The van der Waals surface area contributed by atoms with E-state index in [1.165, 1.54) is 24.3 Å².